The zero-order chi connectivity index (χ0) is 18.2. The monoisotopic (exact) mass is 356 g/mol. The highest BCUT2D eigenvalue weighted by atomic mass is 32.2. The molecule has 0 atom stereocenters. The van der Waals surface area contributed by atoms with Gasteiger partial charge in [0, 0.05) is 12.2 Å². The third kappa shape index (κ3) is 8.88. The number of hydrogen-bond acceptors (Lipinski definition) is 4. The van der Waals surface area contributed by atoms with Gasteiger partial charge in [-0.3, -0.25) is 5.32 Å². The van der Waals surface area contributed by atoms with Crippen LogP contribution < -0.4 is 10.0 Å². The van der Waals surface area contributed by atoms with E-state index in [-0.39, 0.29) is 5.75 Å². The number of hydrogen-bond donors (Lipinski definition) is 2. The van der Waals surface area contributed by atoms with Crippen LogP contribution in [0.2, 0.25) is 0 Å². The van der Waals surface area contributed by atoms with Gasteiger partial charge in [0.25, 0.3) is 0 Å². The standard InChI is InChI=1S/C17H28N2O4S/c1-5-13-24(21,22)18-12-6-7-14-8-10-15(11-9-14)19-16(20)23-17(2,3)4/h8-11,18H,5-7,12-13H2,1-4H3,(H,19,20). The highest BCUT2D eigenvalue weighted by Gasteiger charge is 2.16. The molecule has 7 heteroatoms. The summed E-state index contributed by atoms with van der Waals surface area (Å²) in [6.07, 6.45) is 1.62. The van der Waals surface area contributed by atoms with Crippen LogP contribution in [0.15, 0.2) is 24.3 Å². The smallest absolute Gasteiger partial charge is 0.412 e. The Morgan fingerprint density at radius 2 is 1.79 bits per heavy atom. The molecule has 0 aromatic heterocycles. The molecule has 24 heavy (non-hydrogen) atoms. The van der Waals surface area contributed by atoms with Crippen LogP contribution in [0.25, 0.3) is 0 Å². The van der Waals surface area contributed by atoms with Crippen LogP contribution in [0.3, 0.4) is 0 Å². The highest BCUT2D eigenvalue weighted by Crippen LogP contribution is 2.13. The molecule has 0 aliphatic carbocycles. The predicted octanol–water partition coefficient (Wildman–Crippen LogP) is 3.30. The number of anilines is 1. The third-order valence-corrected chi connectivity index (χ3v) is 4.63. The molecule has 0 bridgehead atoms. The summed E-state index contributed by atoms with van der Waals surface area (Å²) in [7, 11) is -3.13. The SMILES string of the molecule is CCCS(=O)(=O)NCCCc1ccc(NC(=O)OC(C)(C)C)cc1. The molecule has 2 N–H and O–H groups in total. The van der Waals surface area contributed by atoms with Gasteiger partial charge in [0.15, 0.2) is 0 Å². The molecule has 0 saturated carbocycles. The second-order valence-electron chi connectivity index (χ2n) is 6.64. The van der Waals surface area contributed by atoms with E-state index >= 15 is 0 Å². The maximum atomic E-state index is 11.7. The molecule has 0 spiro atoms. The third-order valence-electron chi connectivity index (χ3n) is 3.04. The summed E-state index contributed by atoms with van der Waals surface area (Å²) >= 11 is 0. The molecule has 1 aromatic carbocycles. The molecule has 136 valence electrons. The summed E-state index contributed by atoms with van der Waals surface area (Å²) in [6.45, 7) is 7.70. The average Bonchev–Trinajstić information content (AvgIpc) is 2.43. The van der Waals surface area contributed by atoms with E-state index in [2.05, 4.69) is 10.0 Å². The minimum Gasteiger partial charge on any atom is -0.444 e. The van der Waals surface area contributed by atoms with Gasteiger partial charge in [-0.05, 0) is 57.7 Å². The fourth-order valence-corrected chi connectivity index (χ4v) is 3.17. The summed E-state index contributed by atoms with van der Waals surface area (Å²) in [5.41, 5.74) is 1.21. The lowest BCUT2D eigenvalue weighted by Gasteiger charge is -2.19. The van der Waals surface area contributed by atoms with Crippen molar-refractivity contribution < 1.29 is 17.9 Å². The van der Waals surface area contributed by atoms with Crippen molar-refractivity contribution in [2.75, 3.05) is 17.6 Å². The van der Waals surface area contributed by atoms with Crippen molar-refractivity contribution in [3.05, 3.63) is 29.8 Å². The molecule has 6 nitrogen and oxygen atoms in total. The molecule has 0 fully saturated rings. The Hall–Kier alpha value is -1.60. The van der Waals surface area contributed by atoms with Crippen molar-refractivity contribution in [2.24, 2.45) is 0 Å². The van der Waals surface area contributed by atoms with E-state index in [1.165, 1.54) is 0 Å². The first kappa shape index (κ1) is 20.4. The molecule has 1 aromatic rings. The number of rotatable bonds is 8. The molecule has 0 aliphatic heterocycles. The van der Waals surface area contributed by atoms with Gasteiger partial charge < -0.3 is 4.74 Å². The van der Waals surface area contributed by atoms with Crippen LogP contribution in [0, 0.1) is 0 Å². The van der Waals surface area contributed by atoms with Crippen molar-refractivity contribution in [3.63, 3.8) is 0 Å². The number of ether oxygens (including phenoxy) is 1. The lowest BCUT2D eigenvalue weighted by Crippen LogP contribution is -2.27. The Morgan fingerprint density at radius 1 is 1.17 bits per heavy atom. The Balaban J connectivity index is 2.38. The van der Waals surface area contributed by atoms with E-state index in [1.54, 1.807) is 12.1 Å². The number of aryl methyl sites for hydroxylation is 1. The highest BCUT2D eigenvalue weighted by molar-refractivity contribution is 7.89. The van der Waals surface area contributed by atoms with Crippen LogP contribution in [0.4, 0.5) is 10.5 Å². The molecule has 0 heterocycles. The van der Waals surface area contributed by atoms with Gasteiger partial charge >= 0.3 is 6.09 Å². The summed E-state index contributed by atoms with van der Waals surface area (Å²) in [5, 5.41) is 2.67. The fraction of sp³-hybridized carbons (Fsp3) is 0.588. The molecular formula is C17H28N2O4S. The van der Waals surface area contributed by atoms with Gasteiger partial charge in [0.1, 0.15) is 5.60 Å². The number of sulfonamides is 1. The lowest BCUT2D eigenvalue weighted by atomic mass is 10.1. The summed E-state index contributed by atoms with van der Waals surface area (Å²) in [4.78, 5) is 11.7. The largest absolute Gasteiger partial charge is 0.444 e. The van der Waals surface area contributed by atoms with Crippen LogP contribution in [-0.4, -0.2) is 32.4 Å². The molecule has 1 rings (SSSR count). The normalized spacial score (nSPS) is 12.0. The Kier molecular flexibility index (Phi) is 7.69. The van der Waals surface area contributed by atoms with Crippen molar-refractivity contribution >= 4 is 21.8 Å². The van der Waals surface area contributed by atoms with Gasteiger partial charge in [0.05, 0.1) is 5.75 Å². The number of nitrogens with one attached hydrogen (secondary N) is 2. The number of carbonyl (C=O) groups is 1. The number of carbonyl (C=O) groups excluding carboxylic acids is 1. The molecule has 0 unspecified atom stereocenters. The number of benzene rings is 1. The first-order chi connectivity index (χ1) is 11.1. The van der Waals surface area contributed by atoms with E-state index < -0.39 is 21.7 Å². The van der Waals surface area contributed by atoms with Gasteiger partial charge in [-0.1, -0.05) is 19.1 Å². The molecular weight excluding hydrogens is 328 g/mol. The zero-order valence-corrected chi connectivity index (χ0v) is 15.7. The topological polar surface area (TPSA) is 84.5 Å². The van der Waals surface area contributed by atoms with Gasteiger partial charge in [-0.15, -0.1) is 0 Å². The van der Waals surface area contributed by atoms with Gasteiger partial charge in [-0.2, -0.15) is 0 Å². The van der Waals surface area contributed by atoms with Crippen LogP contribution >= 0.6 is 0 Å². The lowest BCUT2D eigenvalue weighted by molar-refractivity contribution is 0.0636. The molecule has 1 amide bonds. The van der Waals surface area contributed by atoms with E-state index in [9.17, 15) is 13.2 Å². The summed E-state index contributed by atoms with van der Waals surface area (Å²) in [6, 6.07) is 7.43. The minimum absolute atomic E-state index is 0.165. The van der Waals surface area contributed by atoms with Crippen LogP contribution in [0.1, 0.15) is 46.1 Å². The maximum Gasteiger partial charge on any atom is 0.412 e. The Bertz CT molecular complexity index is 619. The Morgan fingerprint density at radius 3 is 2.33 bits per heavy atom. The van der Waals surface area contributed by atoms with Gasteiger partial charge in [-0.25, -0.2) is 17.9 Å². The van der Waals surface area contributed by atoms with Crippen molar-refractivity contribution in [1.29, 1.82) is 0 Å². The zero-order valence-electron chi connectivity index (χ0n) is 14.9. The fourth-order valence-electron chi connectivity index (χ4n) is 2.04. The van der Waals surface area contributed by atoms with E-state index in [0.717, 1.165) is 18.4 Å². The van der Waals surface area contributed by atoms with Gasteiger partial charge in [0.2, 0.25) is 10.0 Å². The van der Waals surface area contributed by atoms with E-state index in [0.29, 0.717) is 18.7 Å². The van der Waals surface area contributed by atoms with Crippen molar-refractivity contribution in [3.8, 4) is 0 Å². The summed E-state index contributed by atoms with van der Waals surface area (Å²) < 4.78 is 30.8. The first-order valence-corrected chi connectivity index (χ1v) is 9.83. The average molecular weight is 356 g/mol. The van der Waals surface area contributed by atoms with E-state index in [1.807, 2.05) is 39.8 Å². The molecule has 0 aliphatic rings. The van der Waals surface area contributed by atoms with Crippen LogP contribution in [0.5, 0.6) is 0 Å². The molecule has 0 radical (unpaired) electrons. The molecule has 0 saturated heterocycles. The van der Waals surface area contributed by atoms with E-state index in [4.69, 9.17) is 4.74 Å². The Labute approximate surface area is 145 Å². The second kappa shape index (κ2) is 9.03. The summed E-state index contributed by atoms with van der Waals surface area (Å²) in [5.74, 6) is 0.165. The second-order valence-corrected chi connectivity index (χ2v) is 8.57. The van der Waals surface area contributed by atoms with Crippen LogP contribution in [-0.2, 0) is 21.2 Å². The number of amides is 1. The quantitative estimate of drug-likeness (QED) is 0.700. The van der Waals surface area contributed by atoms with Crippen molar-refractivity contribution in [2.45, 2.75) is 52.6 Å². The first-order valence-electron chi connectivity index (χ1n) is 8.17. The predicted molar refractivity (Wildman–Crippen MR) is 96.7 cm³/mol. The minimum atomic E-state index is -3.13. The van der Waals surface area contributed by atoms with Crippen molar-refractivity contribution in [1.82, 2.24) is 4.72 Å². The maximum absolute atomic E-state index is 11.7.